The van der Waals surface area contributed by atoms with E-state index >= 15 is 0 Å². The molecule has 1 N–H and O–H groups in total. The van der Waals surface area contributed by atoms with Crippen LogP contribution in [0.4, 0.5) is 11.4 Å². The monoisotopic (exact) mass is 394 g/mol. The molecule has 1 heterocycles. The summed E-state index contributed by atoms with van der Waals surface area (Å²) in [6.45, 7) is 11.4. The highest BCUT2D eigenvalue weighted by atomic mass is 16.5. The minimum absolute atomic E-state index is 0.208. The lowest BCUT2D eigenvalue weighted by molar-refractivity contribution is 0.0955. The lowest BCUT2D eigenvalue weighted by Crippen LogP contribution is -2.36. The number of anilines is 2. The zero-order valence-corrected chi connectivity index (χ0v) is 17.5. The van der Waals surface area contributed by atoms with Crippen molar-refractivity contribution < 1.29 is 9.53 Å². The predicted molar refractivity (Wildman–Crippen MR) is 119 cm³/mol. The van der Waals surface area contributed by atoms with Gasteiger partial charge in [-0.3, -0.25) is 4.79 Å². The summed E-state index contributed by atoms with van der Waals surface area (Å²) >= 11 is 0. The molecule has 0 saturated carbocycles. The third-order valence-corrected chi connectivity index (χ3v) is 5.24. The smallest absolute Gasteiger partial charge is 0.271 e. The van der Waals surface area contributed by atoms with Crippen LogP contribution in [0.1, 0.15) is 36.7 Å². The van der Waals surface area contributed by atoms with E-state index < -0.39 is 0 Å². The number of carbonyl (C=O) groups excluding carboxylic acids is 1. The first-order valence-corrected chi connectivity index (χ1v) is 10.2. The molecule has 1 aliphatic heterocycles. The second-order valence-electron chi connectivity index (χ2n) is 7.00. The number of benzene rings is 2. The van der Waals surface area contributed by atoms with Crippen LogP contribution in [0, 0.1) is 0 Å². The van der Waals surface area contributed by atoms with Crippen molar-refractivity contribution in [2.45, 2.75) is 20.8 Å². The van der Waals surface area contributed by atoms with Crippen molar-refractivity contribution in [1.29, 1.82) is 0 Å². The molecule has 0 aromatic heterocycles. The lowest BCUT2D eigenvalue weighted by atomic mass is 10.1. The largest absolute Gasteiger partial charge is 0.378 e. The van der Waals surface area contributed by atoms with E-state index in [0.717, 1.165) is 56.4 Å². The van der Waals surface area contributed by atoms with E-state index in [1.54, 1.807) is 0 Å². The van der Waals surface area contributed by atoms with E-state index in [1.807, 2.05) is 43.3 Å². The summed E-state index contributed by atoms with van der Waals surface area (Å²) in [5.74, 6) is -0.208. The second-order valence-corrected chi connectivity index (χ2v) is 7.00. The van der Waals surface area contributed by atoms with Crippen LogP contribution in [0.15, 0.2) is 53.6 Å². The van der Waals surface area contributed by atoms with Gasteiger partial charge >= 0.3 is 0 Å². The molecule has 0 spiro atoms. The highest BCUT2D eigenvalue weighted by molar-refractivity contribution is 6.01. The maximum Gasteiger partial charge on any atom is 0.271 e. The van der Waals surface area contributed by atoms with Gasteiger partial charge in [-0.05, 0) is 62.7 Å². The van der Waals surface area contributed by atoms with Gasteiger partial charge in [0.1, 0.15) is 0 Å². The Morgan fingerprint density at radius 2 is 1.59 bits per heavy atom. The molecule has 29 heavy (non-hydrogen) atoms. The Bertz CT molecular complexity index is 821. The summed E-state index contributed by atoms with van der Waals surface area (Å²) in [7, 11) is 0. The van der Waals surface area contributed by atoms with Gasteiger partial charge in [0, 0.05) is 43.1 Å². The summed E-state index contributed by atoms with van der Waals surface area (Å²) in [5, 5.41) is 4.28. The van der Waals surface area contributed by atoms with Gasteiger partial charge < -0.3 is 14.5 Å². The van der Waals surface area contributed by atoms with E-state index in [1.165, 1.54) is 5.69 Å². The summed E-state index contributed by atoms with van der Waals surface area (Å²) in [6, 6.07) is 15.9. The second kappa shape index (κ2) is 10.1. The van der Waals surface area contributed by atoms with Gasteiger partial charge in [0.15, 0.2) is 0 Å². The molecule has 1 saturated heterocycles. The molecule has 1 amide bonds. The average molecular weight is 395 g/mol. The van der Waals surface area contributed by atoms with Crippen LogP contribution < -0.4 is 15.2 Å². The Labute approximate surface area is 173 Å². The molecule has 2 aromatic rings. The number of nitrogens with zero attached hydrogens (tertiary/aromatic N) is 3. The quantitative estimate of drug-likeness (QED) is 0.577. The molecular weight excluding hydrogens is 364 g/mol. The van der Waals surface area contributed by atoms with Crippen molar-refractivity contribution in [2.24, 2.45) is 5.10 Å². The normalized spacial score (nSPS) is 14.6. The van der Waals surface area contributed by atoms with Crippen LogP contribution in [0.5, 0.6) is 0 Å². The Kier molecular flexibility index (Phi) is 7.25. The molecular formula is C23H30N4O2. The van der Waals surface area contributed by atoms with Crippen LogP contribution in [0.3, 0.4) is 0 Å². The molecule has 0 atom stereocenters. The molecule has 0 radical (unpaired) electrons. The molecule has 1 aliphatic rings. The number of morpholine rings is 1. The number of hydrazone groups is 1. The van der Waals surface area contributed by atoms with Crippen molar-refractivity contribution >= 4 is 23.0 Å². The average Bonchev–Trinajstić information content (AvgIpc) is 2.79. The van der Waals surface area contributed by atoms with Gasteiger partial charge in [-0.15, -0.1) is 0 Å². The summed E-state index contributed by atoms with van der Waals surface area (Å²) in [4.78, 5) is 17.0. The molecule has 6 nitrogen and oxygen atoms in total. The van der Waals surface area contributed by atoms with Gasteiger partial charge in [0.05, 0.1) is 18.9 Å². The van der Waals surface area contributed by atoms with E-state index in [2.05, 4.69) is 46.3 Å². The van der Waals surface area contributed by atoms with Crippen molar-refractivity contribution in [3.05, 3.63) is 59.7 Å². The van der Waals surface area contributed by atoms with Crippen LogP contribution in [0.25, 0.3) is 0 Å². The number of ether oxygens (including phenoxy) is 1. The van der Waals surface area contributed by atoms with Gasteiger partial charge in [-0.1, -0.05) is 12.1 Å². The lowest BCUT2D eigenvalue weighted by Gasteiger charge is -2.28. The van der Waals surface area contributed by atoms with Crippen molar-refractivity contribution in [3.63, 3.8) is 0 Å². The topological polar surface area (TPSA) is 57.2 Å². The van der Waals surface area contributed by atoms with Gasteiger partial charge in [-0.2, -0.15) is 5.10 Å². The zero-order valence-electron chi connectivity index (χ0n) is 17.5. The summed E-state index contributed by atoms with van der Waals surface area (Å²) < 4.78 is 5.40. The van der Waals surface area contributed by atoms with Crippen molar-refractivity contribution in [3.8, 4) is 0 Å². The fourth-order valence-electron chi connectivity index (χ4n) is 3.41. The predicted octanol–water partition coefficient (Wildman–Crippen LogP) is 3.52. The first-order valence-electron chi connectivity index (χ1n) is 10.2. The maximum atomic E-state index is 12.4. The highest BCUT2D eigenvalue weighted by Crippen LogP contribution is 2.17. The van der Waals surface area contributed by atoms with Gasteiger partial charge in [-0.25, -0.2) is 5.43 Å². The number of amides is 1. The van der Waals surface area contributed by atoms with Crippen molar-refractivity contribution in [2.75, 3.05) is 49.2 Å². The number of rotatable bonds is 7. The zero-order chi connectivity index (χ0) is 20.6. The number of hydrogen-bond donors (Lipinski definition) is 1. The number of carbonyl (C=O) groups is 1. The van der Waals surface area contributed by atoms with Gasteiger partial charge in [0.2, 0.25) is 0 Å². The standard InChI is InChI=1S/C23H30N4O2/c1-4-26(5-2)21-12-8-20(9-13-21)23(28)25-24-18(3)19-6-10-22(11-7-19)27-14-16-29-17-15-27/h6-13H,4-5,14-17H2,1-3H3,(H,25,28)/b24-18-. The molecule has 6 heteroatoms. The third-order valence-electron chi connectivity index (χ3n) is 5.24. The Morgan fingerprint density at radius 1 is 1.00 bits per heavy atom. The van der Waals surface area contributed by atoms with E-state index in [9.17, 15) is 4.79 Å². The Balaban J connectivity index is 1.60. The number of hydrogen-bond acceptors (Lipinski definition) is 5. The van der Waals surface area contributed by atoms with Crippen LogP contribution in [-0.2, 0) is 4.74 Å². The molecule has 154 valence electrons. The summed E-state index contributed by atoms with van der Waals surface area (Å²) in [6.07, 6.45) is 0. The molecule has 1 fully saturated rings. The van der Waals surface area contributed by atoms with Crippen molar-refractivity contribution in [1.82, 2.24) is 5.43 Å². The van der Waals surface area contributed by atoms with Crippen LogP contribution in [0.2, 0.25) is 0 Å². The Morgan fingerprint density at radius 3 is 2.17 bits per heavy atom. The van der Waals surface area contributed by atoms with E-state index in [4.69, 9.17) is 4.74 Å². The first kappa shape index (κ1) is 20.9. The van der Waals surface area contributed by atoms with Crippen LogP contribution in [-0.4, -0.2) is 51.0 Å². The molecule has 0 unspecified atom stereocenters. The minimum atomic E-state index is -0.208. The van der Waals surface area contributed by atoms with E-state index in [0.29, 0.717) is 5.56 Å². The Hall–Kier alpha value is -2.86. The van der Waals surface area contributed by atoms with Crippen LogP contribution >= 0.6 is 0 Å². The molecule has 2 aromatic carbocycles. The van der Waals surface area contributed by atoms with Gasteiger partial charge in [0.25, 0.3) is 5.91 Å². The highest BCUT2D eigenvalue weighted by Gasteiger charge is 2.11. The SMILES string of the molecule is CCN(CC)c1ccc(C(=O)N/N=C(/C)c2ccc(N3CCOCC3)cc2)cc1. The van der Waals surface area contributed by atoms with E-state index in [-0.39, 0.29) is 5.91 Å². The summed E-state index contributed by atoms with van der Waals surface area (Å²) in [5.41, 5.74) is 7.31. The fourth-order valence-corrected chi connectivity index (χ4v) is 3.41. The third kappa shape index (κ3) is 5.35. The molecule has 3 rings (SSSR count). The maximum absolute atomic E-state index is 12.4. The minimum Gasteiger partial charge on any atom is -0.378 e. The number of nitrogens with one attached hydrogen (secondary N) is 1. The molecule has 0 bridgehead atoms. The first-order chi connectivity index (χ1) is 14.1. The molecule has 0 aliphatic carbocycles. The fraction of sp³-hybridized carbons (Fsp3) is 0.391.